The summed E-state index contributed by atoms with van der Waals surface area (Å²) in [6, 6.07) is 0. The Morgan fingerprint density at radius 3 is 2.35 bits per heavy atom. The van der Waals surface area contributed by atoms with E-state index in [1.54, 1.807) is 0 Å². The minimum atomic E-state index is -0.606. The van der Waals surface area contributed by atoms with Gasteiger partial charge in [0, 0.05) is 0 Å². The molecule has 0 aliphatic heterocycles. The van der Waals surface area contributed by atoms with Crippen molar-refractivity contribution in [1.82, 2.24) is 0 Å². The first-order valence-corrected chi connectivity index (χ1v) is 8.02. The van der Waals surface area contributed by atoms with E-state index in [4.69, 9.17) is 0 Å². The van der Waals surface area contributed by atoms with Crippen LogP contribution in [0.5, 0.6) is 0 Å². The second kappa shape index (κ2) is 8.99. The van der Waals surface area contributed by atoms with E-state index in [2.05, 4.69) is 32.9 Å². The molecular formula is C18H30O2. The zero-order valence-corrected chi connectivity index (χ0v) is 13.3. The monoisotopic (exact) mass is 278 g/mol. The van der Waals surface area contributed by atoms with Crippen LogP contribution in [0.2, 0.25) is 0 Å². The van der Waals surface area contributed by atoms with Crippen LogP contribution >= 0.6 is 0 Å². The van der Waals surface area contributed by atoms with E-state index in [0.717, 1.165) is 25.7 Å². The van der Waals surface area contributed by atoms with Crippen molar-refractivity contribution in [2.75, 3.05) is 0 Å². The lowest BCUT2D eigenvalue weighted by molar-refractivity contribution is -0.144. The molecule has 2 heteroatoms. The van der Waals surface area contributed by atoms with Crippen molar-refractivity contribution in [2.24, 2.45) is 11.8 Å². The highest BCUT2D eigenvalue weighted by Crippen LogP contribution is 2.32. The van der Waals surface area contributed by atoms with Crippen LogP contribution in [0.4, 0.5) is 0 Å². The van der Waals surface area contributed by atoms with E-state index in [1.807, 2.05) is 0 Å². The molecule has 20 heavy (non-hydrogen) atoms. The molecule has 0 radical (unpaired) electrons. The molecule has 1 N–H and O–H groups in total. The highest BCUT2D eigenvalue weighted by atomic mass is 16.4. The van der Waals surface area contributed by atoms with Crippen LogP contribution in [0.25, 0.3) is 0 Å². The zero-order valence-electron chi connectivity index (χ0n) is 13.3. The van der Waals surface area contributed by atoms with Crippen LogP contribution in [0.1, 0.15) is 72.1 Å². The van der Waals surface area contributed by atoms with Gasteiger partial charge in [0.05, 0.1) is 5.92 Å². The third-order valence-electron chi connectivity index (χ3n) is 4.35. The summed E-state index contributed by atoms with van der Waals surface area (Å²) in [6.45, 7) is 6.35. The van der Waals surface area contributed by atoms with Gasteiger partial charge in [-0.1, -0.05) is 42.6 Å². The van der Waals surface area contributed by atoms with E-state index in [1.165, 1.54) is 30.4 Å². The van der Waals surface area contributed by atoms with Gasteiger partial charge >= 0.3 is 5.97 Å². The van der Waals surface area contributed by atoms with Gasteiger partial charge < -0.3 is 5.11 Å². The predicted molar refractivity (Wildman–Crippen MR) is 84.7 cm³/mol. The minimum absolute atomic E-state index is 0.172. The average molecular weight is 278 g/mol. The lowest BCUT2D eigenvalue weighted by atomic mass is 9.78. The Morgan fingerprint density at radius 2 is 1.80 bits per heavy atom. The molecule has 0 amide bonds. The number of carbonyl (C=O) groups is 1. The molecule has 2 nitrogen and oxygen atoms in total. The number of aliphatic carboxylic acids is 1. The molecule has 1 atom stereocenters. The quantitative estimate of drug-likeness (QED) is 0.637. The second-order valence-corrected chi connectivity index (χ2v) is 6.45. The fraction of sp³-hybridized carbons (Fsp3) is 0.722. The lowest BCUT2D eigenvalue weighted by Crippen LogP contribution is -2.25. The molecule has 1 aliphatic carbocycles. The number of allylic oxidation sites excluding steroid dienone is 4. The molecule has 1 rings (SSSR count). The molecular weight excluding hydrogens is 248 g/mol. The van der Waals surface area contributed by atoms with Crippen molar-refractivity contribution < 1.29 is 9.90 Å². The van der Waals surface area contributed by atoms with Crippen LogP contribution in [-0.4, -0.2) is 11.1 Å². The van der Waals surface area contributed by atoms with Crippen molar-refractivity contribution >= 4 is 5.97 Å². The van der Waals surface area contributed by atoms with Gasteiger partial charge in [0.2, 0.25) is 0 Å². The molecule has 1 aliphatic rings. The van der Waals surface area contributed by atoms with Crippen LogP contribution in [0.3, 0.4) is 0 Å². The van der Waals surface area contributed by atoms with Crippen LogP contribution in [-0.2, 0) is 4.79 Å². The van der Waals surface area contributed by atoms with Crippen molar-refractivity contribution in [3.8, 4) is 0 Å². The van der Waals surface area contributed by atoms with Gasteiger partial charge in [-0.15, -0.1) is 0 Å². The third-order valence-corrected chi connectivity index (χ3v) is 4.35. The molecule has 0 saturated heterocycles. The highest BCUT2D eigenvalue weighted by molar-refractivity contribution is 5.70. The molecule has 0 aromatic heterocycles. The number of rotatable bonds is 7. The molecule has 0 bridgehead atoms. The first-order valence-electron chi connectivity index (χ1n) is 8.02. The predicted octanol–water partition coefficient (Wildman–Crippen LogP) is 5.35. The van der Waals surface area contributed by atoms with Crippen LogP contribution in [0.15, 0.2) is 23.3 Å². The maximum atomic E-state index is 11.5. The zero-order chi connectivity index (χ0) is 15.0. The maximum absolute atomic E-state index is 11.5. The SMILES string of the molecule is CC(C)=CCCC(C)=CCC(C(=O)O)C1CCCCC1. The Morgan fingerprint density at radius 1 is 1.15 bits per heavy atom. The van der Waals surface area contributed by atoms with E-state index >= 15 is 0 Å². The summed E-state index contributed by atoms with van der Waals surface area (Å²) in [5, 5.41) is 9.45. The van der Waals surface area contributed by atoms with Gasteiger partial charge in [-0.25, -0.2) is 0 Å². The molecule has 114 valence electrons. The van der Waals surface area contributed by atoms with E-state index in [9.17, 15) is 9.90 Å². The number of hydrogen-bond donors (Lipinski definition) is 1. The number of carboxylic acids is 1. The van der Waals surface area contributed by atoms with E-state index in [0.29, 0.717) is 12.3 Å². The Bertz CT molecular complexity index is 356. The summed E-state index contributed by atoms with van der Waals surface area (Å²) in [5.74, 6) is -0.387. The van der Waals surface area contributed by atoms with Crippen molar-refractivity contribution in [2.45, 2.75) is 72.1 Å². The minimum Gasteiger partial charge on any atom is -0.481 e. The fourth-order valence-corrected chi connectivity index (χ4v) is 3.05. The summed E-state index contributed by atoms with van der Waals surface area (Å²) >= 11 is 0. The number of carboxylic acid groups (broad SMARTS) is 1. The van der Waals surface area contributed by atoms with Crippen molar-refractivity contribution in [1.29, 1.82) is 0 Å². The molecule has 1 unspecified atom stereocenters. The standard InChI is InChI=1S/C18H30O2/c1-14(2)8-7-9-15(3)12-13-17(18(19)20)16-10-5-4-6-11-16/h8,12,16-17H,4-7,9-11,13H2,1-3H3,(H,19,20). The molecule has 1 fully saturated rings. The average Bonchev–Trinajstić information content (AvgIpc) is 2.39. The van der Waals surface area contributed by atoms with E-state index < -0.39 is 5.97 Å². The summed E-state index contributed by atoms with van der Waals surface area (Å²) in [7, 11) is 0. The summed E-state index contributed by atoms with van der Waals surface area (Å²) in [4.78, 5) is 11.5. The molecule has 0 aromatic carbocycles. The van der Waals surface area contributed by atoms with Crippen LogP contribution < -0.4 is 0 Å². The largest absolute Gasteiger partial charge is 0.481 e. The van der Waals surface area contributed by atoms with Gasteiger partial charge in [-0.05, 0) is 58.8 Å². The van der Waals surface area contributed by atoms with Gasteiger partial charge in [0.15, 0.2) is 0 Å². The van der Waals surface area contributed by atoms with Gasteiger partial charge in [0.25, 0.3) is 0 Å². The first-order chi connectivity index (χ1) is 9.50. The Kier molecular flexibility index (Phi) is 7.64. The maximum Gasteiger partial charge on any atom is 0.307 e. The van der Waals surface area contributed by atoms with Gasteiger partial charge in [-0.3, -0.25) is 4.79 Å². The smallest absolute Gasteiger partial charge is 0.307 e. The van der Waals surface area contributed by atoms with Crippen molar-refractivity contribution in [3.63, 3.8) is 0 Å². The Hall–Kier alpha value is -1.05. The molecule has 0 aromatic rings. The fourth-order valence-electron chi connectivity index (χ4n) is 3.05. The highest BCUT2D eigenvalue weighted by Gasteiger charge is 2.28. The third kappa shape index (κ3) is 6.40. The lowest BCUT2D eigenvalue weighted by Gasteiger charge is -2.26. The summed E-state index contributed by atoms with van der Waals surface area (Å²) in [5.41, 5.74) is 2.67. The van der Waals surface area contributed by atoms with Gasteiger partial charge in [0.1, 0.15) is 0 Å². The summed E-state index contributed by atoms with van der Waals surface area (Å²) in [6.07, 6.45) is 13.1. The van der Waals surface area contributed by atoms with Crippen molar-refractivity contribution in [3.05, 3.63) is 23.3 Å². The topological polar surface area (TPSA) is 37.3 Å². The number of hydrogen-bond acceptors (Lipinski definition) is 1. The molecule has 0 heterocycles. The van der Waals surface area contributed by atoms with Gasteiger partial charge in [-0.2, -0.15) is 0 Å². The second-order valence-electron chi connectivity index (χ2n) is 6.45. The van der Waals surface area contributed by atoms with E-state index in [-0.39, 0.29) is 5.92 Å². The normalized spacial score (nSPS) is 18.6. The molecule has 0 spiro atoms. The Labute approximate surface area is 124 Å². The first kappa shape index (κ1) is 17.0. The summed E-state index contributed by atoms with van der Waals surface area (Å²) < 4.78 is 0. The van der Waals surface area contributed by atoms with Crippen LogP contribution in [0, 0.1) is 11.8 Å². The Balaban J connectivity index is 2.48. The molecule has 1 saturated carbocycles.